The molecule has 0 aliphatic carbocycles. The highest BCUT2D eigenvalue weighted by atomic mass is 16.2. The lowest BCUT2D eigenvalue weighted by molar-refractivity contribution is 0.262. The highest BCUT2D eigenvalue weighted by Crippen LogP contribution is 2.27. The summed E-state index contributed by atoms with van der Waals surface area (Å²) in [7, 11) is 0. The van der Waals surface area contributed by atoms with Crippen LogP contribution in [0.5, 0.6) is 0 Å². The topological polar surface area (TPSA) is 79.8 Å². The van der Waals surface area contributed by atoms with E-state index in [0.717, 1.165) is 16.6 Å². The van der Waals surface area contributed by atoms with Gasteiger partial charge in [-0.1, -0.05) is 30.3 Å². The number of nitrogens with zero attached hydrogens (tertiary/aromatic N) is 3. The molecule has 0 radical (unpaired) electrons. The van der Waals surface area contributed by atoms with Gasteiger partial charge in [0.2, 0.25) is 0 Å². The zero-order valence-corrected chi connectivity index (χ0v) is 14.7. The Kier molecular flexibility index (Phi) is 4.45. The van der Waals surface area contributed by atoms with Gasteiger partial charge in [0, 0.05) is 23.5 Å². The van der Waals surface area contributed by atoms with Crippen LogP contribution in [0.1, 0.15) is 5.56 Å². The van der Waals surface area contributed by atoms with Crippen molar-refractivity contribution in [3.8, 4) is 11.4 Å². The van der Waals surface area contributed by atoms with Crippen molar-refractivity contribution >= 4 is 28.4 Å². The number of pyridine rings is 3. The average Bonchev–Trinajstić information content (AvgIpc) is 2.69. The molecule has 27 heavy (non-hydrogen) atoms. The molecule has 3 heterocycles. The van der Waals surface area contributed by atoms with E-state index in [2.05, 4.69) is 25.6 Å². The number of carbonyl (C=O) groups excluding carboxylic acids is 1. The number of para-hydroxylation sites is 1. The lowest BCUT2D eigenvalue weighted by atomic mass is 10.1. The highest BCUT2D eigenvalue weighted by Gasteiger charge is 2.13. The predicted octanol–water partition coefficient (Wildman–Crippen LogP) is 4.64. The van der Waals surface area contributed by atoms with Crippen LogP contribution >= 0.6 is 0 Å². The molecule has 0 fully saturated rings. The molecule has 0 saturated carbocycles. The van der Waals surface area contributed by atoms with Gasteiger partial charge in [0.1, 0.15) is 5.52 Å². The molecular weight excluding hydrogens is 338 g/mol. The van der Waals surface area contributed by atoms with Gasteiger partial charge in [-0.05, 0) is 42.8 Å². The molecule has 0 aliphatic heterocycles. The van der Waals surface area contributed by atoms with E-state index in [4.69, 9.17) is 0 Å². The Bertz CT molecular complexity index is 1110. The van der Waals surface area contributed by atoms with Gasteiger partial charge in [-0.15, -0.1) is 0 Å². The minimum absolute atomic E-state index is 0.379. The first kappa shape index (κ1) is 16.7. The molecule has 2 N–H and O–H groups in total. The zero-order chi connectivity index (χ0) is 18.6. The maximum absolute atomic E-state index is 12.4. The third kappa shape index (κ3) is 3.59. The van der Waals surface area contributed by atoms with Crippen LogP contribution in [-0.4, -0.2) is 21.0 Å². The van der Waals surface area contributed by atoms with Crippen LogP contribution in [0.2, 0.25) is 0 Å². The normalized spacial score (nSPS) is 10.6. The molecule has 4 aromatic rings. The summed E-state index contributed by atoms with van der Waals surface area (Å²) in [4.78, 5) is 25.9. The van der Waals surface area contributed by atoms with Crippen LogP contribution in [0.25, 0.3) is 22.3 Å². The summed E-state index contributed by atoms with van der Waals surface area (Å²) in [5.41, 5.74) is 3.79. The van der Waals surface area contributed by atoms with E-state index in [0.29, 0.717) is 22.7 Å². The molecule has 0 unspecified atom stereocenters. The van der Waals surface area contributed by atoms with Crippen LogP contribution in [-0.2, 0) is 0 Å². The summed E-state index contributed by atoms with van der Waals surface area (Å²) in [5, 5.41) is 6.48. The Morgan fingerprint density at radius 2 is 1.67 bits per heavy atom. The number of hydrogen-bond donors (Lipinski definition) is 2. The summed E-state index contributed by atoms with van der Waals surface area (Å²) in [5.74, 6) is 0.390. The van der Waals surface area contributed by atoms with E-state index in [1.165, 1.54) is 0 Å². The Morgan fingerprint density at radius 3 is 2.48 bits per heavy atom. The molecule has 6 nitrogen and oxygen atoms in total. The Hall–Kier alpha value is -3.80. The largest absolute Gasteiger partial charge is 0.324 e. The molecule has 1 aromatic carbocycles. The number of benzene rings is 1. The first-order chi connectivity index (χ1) is 13.2. The van der Waals surface area contributed by atoms with Crippen molar-refractivity contribution in [1.29, 1.82) is 0 Å². The number of aryl methyl sites for hydroxylation is 1. The molecule has 3 aromatic heterocycles. The summed E-state index contributed by atoms with van der Waals surface area (Å²) < 4.78 is 0. The second-order valence-corrected chi connectivity index (χ2v) is 6.05. The quantitative estimate of drug-likeness (QED) is 0.561. The van der Waals surface area contributed by atoms with Crippen molar-refractivity contribution in [1.82, 2.24) is 15.0 Å². The fourth-order valence-corrected chi connectivity index (χ4v) is 2.84. The Balaban J connectivity index is 1.73. The van der Waals surface area contributed by atoms with Crippen molar-refractivity contribution in [2.24, 2.45) is 0 Å². The molecule has 0 spiro atoms. The molecule has 6 heteroatoms. The second kappa shape index (κ2) is 7.21. The highest BCUT2D eigenvalue weighted by molar-refractivity contribution is 6.04. The van der Waals surface area contributed by atoms with Gasteiger partial charge in [-0.3, -0.25) is 15.3 Å². The smallest absolute Gasteiger partial charge is 0.308 e. The van der Waals surface area contributed by atoms with E-state index in [9.17, 15) is 4.79 Å². The number of rotatable bonds is 3. The number of fused-ring (bicyclic) bond motifs is 1. The maximum Gasteiger partial charge on any atom is 0.324 e. The van der Waals surface area contributed by atoms with Crippen LogP contribution in [0.3, 0.4) is 0 Å². The van der Waals surface area contributed by atoms with Crippen LogP contribution in [0, 0.1) is 6.92 Å². The van der Waals surface area contributed by atoms with Crippen molar-refractivity contribution < 1.29 is 4.79 Å². The van der Waals surface area contributed by atoms with E-state index >= 15 is 0 Å². The minimum atomic E-state index is -0.379. The van der Waals surface area contributed by atoms with Gasteiger partial charge in [0.05, 0.1) is 11.4 Å². The van der Waals surface area contributed by atoms with Gasteiger partial charge in [0.25, 0.3) is 0 Å². The van der Waals surface area contributed by atoms with Gasteiger partial charge in [-0.2, -0.15) is 0 Å². The molecule has 0 saturated heterocycles. The van der Waals surface area contributed by atoms with Gasteiger partial charge < -0.3 is 5.32 Å². The fourth-order valence-electron chi connectivity index (χ4n) is 2.84. The Labute approximate surface area is 156 Å². The number of aromatic nitrogens is 3. The van der Waals surface area contributed by atoms with Crippen molar-refractivity contribution in [2.45, 2.75) is 6.92 Å². The number of urea groups is 1. The van der Waals surface area contributed by atoms with E-state index in [1.54, 1.807) is 12.4 Å². The summed E-state index contributed by atoms with van der Waals surface area (Å²) in [6.45, 7) is 1.98. The maximum atomic E-state index is 12.4. The third-order valence-electron chi connectivity index (χ3n) is 4.10. The van der Waals surface area contributed by atoms with Gasteiger partial charge >= 0.3 is 6.03 Å². The van der Waals surface area contributed by atoms with Crippen molar-refractivity contribution in [3.63, 3.8) is 0 Å². The molecule has 132 valence electrons. The van der Waals surface area contributed by atoms with Crippen LogP contribution in [0.15, 0.2) is 73.1 Å². The third-order valence-corrected chi connectivity index (χ3v) is 4.10. The van der Waals surface area contributed by atoms with E-state index in [1.807, 2.05) is 67.6 Å². The Morgan fingerprint density at radius 1 is 0.889 bits per heavy atom. The number of nitrogens with one attached hydrogen (secondary N) is 2. The SMILES string of the molecule is Cc1cccnc1-c1cc2cccnc2c(NC(=O)Nc2ccccc2)n1. The molecule has 0 bridgehead atoms. The first-order valence-electron chi connectivity index (χ1n) is 8.51. The molecule has 4 rings (SSSR count). The molecular formula is C21H17N5O. The lowest BCUT2D eigenvalue weighted by Gasteiger charge is -2.11. The lowest BCUT2D eigenvalue weighted by Crippen LogP contribution is -2.20. The molecule has 0 aliphatic rings. The first-order valence-corrected chi connectivity index (χ1v) is 8.51. The average molecular weight is 355 g/mol. The number of carbonyl (C=O) groups is 1. The monoisotopic (exact) mass is 355 g/mol. The summed E-state index contributed by atoms with van der Waals surface area (Å²) >= 11 is 0. The summed E-state index contributed by atoms with van der Waals surface area (Å²) in [6, 6.07) is 18.4. The standard InChI is InChI=1S/C21H17N5O/c1-14-7-5-11-22-18(14)17-13-15-8-6-12-23-19(15)20(25-17)26-21(27)24-16-9-3-2-4-10-16/h2-13H,1H3,(H2,24,25,26,27). The molecule has 2 amide bonds. The van der Waals surface area contributed by atoms with Crippen molar-refractivity contribution in [3.05, 3.63) is 78.6 Å². The zero-order valence-electron chi connectivity index (χ0n) is 14.7. The van der Waals surface area contributed by atoms with Gasteiger partial charge in [0.15, 0.2) is 5.82 Å². The van der Waals surface area contributed by atoms with E-state index in [-0.39, 0.29) is 6.03 Å². The van der Waals surface area contributed by atoms with E-state index < -0.39 is 0 Å². The second-order valence-electron chi connectivity index (χ2n) is 6.05. The number of anilines is 2. The number of amides is 2. The minimum Gasteiger partial charge on any atom is -0.308 e. The molecule has 0 atom stereocenters. The van der Waals surface area contributed by atoms with Gasteiger partial charge in [-0.25, -0.2) is 9.78 Å². The number of hydrogen-bond acceptors (Lipinski definition) is 4. The van der Waals surface area contributed by atoms with Crippen molar-refractivity contribution in [2.75, 3.05) is 10.6 Å². The van der Waals surface area contributed by atoms with Crippen LogP contribution in [0.4, 0.5) is 16.3 Å². The summed E-state index contributed by atoms with van der Waals surface area (Å²) in [6.07, 6.45) is 3.41. The van der Waals surface area contributed by atoms with Crippen LogP contribution < -0.4 is 10.6 Å². The predicted molar refractivity (Wildman–Crippen MR) is 107 cm³/mol. The fraction of sp³-hybridized carbons (Fsp3) is 0.0476.